The van der Waals surface area contributed by atoms with E-state index in [1.54, 1.807) is 12.1 Å². The average Bonchev–Trinajstić information content (AvgIpc) is 2.49. The van der Waals surface area contributed by atoms with Gasteiger partial charge < -0.3 is 4.57 Å². The highest BCUT2D eigenvalue weighted by molar-refractivity contribution is 7.92. The Morgan fingerprint density at radius 1 is 1.27 bits per heavy atom. The Hall–Kier alpha value is -1.86. The number of aryl methyl sites for hydroxylation is 2. The summed E-state index contributed by atoms with van der Waals surface area (Å²) in [5, 5.41) is -0.186. The number of aromatic nitrogens is 2. The Morgan fingerprint density at radius 2 is 1.91 bits per heavy atom. The smallest absolute Gasteiger partial charge is 0.279 e. The van der Waals surface area contributed by atoms with E-state index in [0.717, 1.165) is 23.0 Å². The minimum absolute atomic E-state index is 0.0642. The lowest BCUT2D eigenvalue weighted by molar-refractivity contribution is 0.601. The van der Waals surface area contributed by atoms with Gasteiger partial charge in [0.25, 0.3) is 15.6 Å². The Kier molecular flexibility index (Phi) is 4.87. The van der Waals surface area contributed by atoms with E-state index >= 15 is 0 Å². The van der Waals surface area contributed by atoms with Gasteiger partial charge in [0, 0.05) is 7.05 Å². The van der Waals surface area contributed by atoms with Crippen molar-refractivity contribution < 1.29 is 8.42 Å². The number of benzene rings is 1. The quantitative estimate of drug-likeness (QED) is 0.845. The molecule has 0 spiro atoms. The van der Waals surface area contributed by atoms with Crippen LogP contribution >= 0.6 is 11.6 Å². The van der Waals surface area contributed by atoms with Gasteiger partial charge in [0.1, 0.15) is 0 Å². The minimum atomic E-state index is -3.89. The molecule has 0 aliphatic carbocycles. The largest absolute Gasteiger partial charge is 0.301 e. The van der Waals surface area contributed by atoms with Gasteiger partial charge in [-0.2, -0.15) is 0 Å². The first kappa shape index (κ1) is 16.5. The van der Waals surface area contributed by atoms with Gasteiger partial charge in [-0.05, 0) is 24.1 Å². The second kappa shape index (κ2) is 6.50. The molecule has 1 aromatic carbocycles. The minimum Gasteiger partial charge on any atom is -0.301 e. The molecule has 2 aromatic rings. The summed E-state index contributed by atoms with van der Waals surface area (Å²) >= 11 is 5.81. The highest BCUT2D eigenvalue weighted by Crippen LogP contribution is 2.19. The molecule has 1 aromatic heterocycles. The first-order valence-corrected chi connectivity index (χ1v) is 8.54. The molecule has 0 atom stereocenters. The SMILES string of the molecule is CCCc1ccc(S(=O)(=O)Nc2c(Cl)ncn(C)c2=O)cc1. The molecule has 0 saturated heterocycles. The van der Waals surface area contributed by atoms with E-state index in [-0.39, 0.29) is 15.7 Å². The summed E-state index contributed by atoms with van der Waals surface area (Å²) in [6.45, 7) is 2.05. The van der Waals surface area contributed by atoms with E-state index in [1.165, 1.54) is 25.5 Å². The summed E-state index contributed by atoms with van der Waals surface area (Å²) in [6, 6.07) is 6.51. The fraction of sp³-hybridized carbons (Fsp3) is 0.286. The second-order valence-corrected chi connectivity index (χ2v) is 6.87. The number of hydrogen-bond donors (Lipinski definition) is 1. The maximum absolute atomic E-state index is 12.3. The van der Waals surface area contributed by atoms with E-state index in [0.29, 0.717) is 0 Å². The number of rotatable bonds is 5. The molecular weight excluding hydrogens is 326 g/mol. The van der Waals surface area contributed by atoms with Crippen LogP contribution < -0.4 is 10.3 Å². The van der Waals surface area contributed by atoms with Crippen LogP contribution in [0.3, 0.4) is 0 Å². The monoisotopic (exact) mass is 341 g/mol. The lowest BCUT2D eigenvalue weighted by Gasteiger charge is -2.10. The molecule has 118 valence electrons. The first-order chi connectivity index (χ1) is 10.3. The topological polar surface area (TPSA) is 81.1 Å². The normalized spacial score (nSPS) is 11.4. The highest BCUT2D eigenvalue weighted by Gasteiger charge is 2.19. The standard InChI is InChI=1S/C14H16ClN3O3S/c1-3-4-10-5-7-11(8-6-10)22(20,21)17-12-13(15)16-9-18(2)14(12)19/h5-9,17H,3-4H2,1-2H3. The van der Waals surface area contributed by atoms with Crippen LogP contribution in [0.4, 0.5) is 5.69 Å². The zero-order valence-corrected chi connectivity index (χ0v) is 13.8. The summed E-state index contributed by atoms with van der Waals surface area (Å²) in [4.78, 5) is 15.8. The molecule has 0 radical (unpaired) electrons. The molecule has 22 heavy (non-hydrogen) atoms. The number of anilines is 1. The summed E-state index contributed by atoms with van der Waals surface area (Å²) in [6.07, 6.45) is 3.08. The third kappa shape index (κ3) is 3.48. The molecule has 1 N–H and O–H groups in total. The van der Waals surface area contributed by atoms with Crippen LogP contribution in [0.15, 0.2) is 40.3 Å². The van der Waals surface area contributed by atoms with Crippen LogP contribution in [-0.4, -0.2) is 18.0 Å². The maximum Gasteiger partial charge on any atom is 0.279 e. The molecular formula is C14H16ClN3O3S. The summed E-state index contributed by atoms with van der Waals surface area (Å²) < 4.78 is 28.0. The average molecular weight is 342 g/mol. The van der Waals surface area contributed by atoms with Crippen LogP contribution in [0.5, 0.6) is 0 Å². The van der Waals surface area contributed by atoms with Gasteiger partial charge in [-0.25, -0.2) is 13.4 Å². The van der Waals surface area contributed by atoms with Gasteiger partial charge >= 0.3 is 0 Å². The van der Waals surface area contributed by atoms with Gasteiger partial charge in [0.15, 0.2) is 10.8 Å². The summed E-state index contributed by atoms with van der Waals surface area (Å²) in [5.74, 6) is 0. The molecule has 1 heterocycles. The van der Waals surface area contributed by atoms with Crippen molar-refractivity contribution in [2.45, 2.75) is 24.7 Å². The molecule has 0 fully saturated rings. The van der Waals surface area contributed by atoms with Gasteiger partial charge in [-0.15, -0.1) is 0 Å². The van der Waals surface area contributed by atoms with Crippen LogP contribution in [-0.2, 0) is 23.5 Å². The zero-order valence-electron chi connectivity index (χ0n) is 12.2. The van der Waals surface area contributed by atoms with Crippen molar-refractivity contribution in [3.8, 4) is 0 Å². The molecule has 0 unspecified atom stereocenters. The summed E-state index contributed by atoms with van der Waals surface area (Å²) in [7, 11) is -2.43. The maximum atomic E-state index is 12.3. The van der Waals surface area contributed by atoms with Crippen molar-refractivity contribution in [1.29, 1.82) is 0 Å². The highest BCUT2D eigenvalue weighted by atomic mass is 35.5. The van der Waals surface area contributed by atoms with Crippen molar-refractivity contribution in [2.75, 3.05) is 4.72 Å². The third-order valence-corrected chi connectivity index (χ3v) is 4.75. The van der Waals surface area contributed by atoms with Crippen molar-refractivity contribution in [3.63, 3.8) is 0 Å². The summed E-state index contributed by atoms with van der Waals surface area (Å²) in [5.41, 5.74) is 0.229. The van der Waals surface area contributed by atoms with Crippen LogP contribution in [0.1, 0.15) is 18.9 Å². The molecule has 0 bridgehead atoms. The van der Waals surface area contributed by atoms with Crippen molar-refractivity contribution in [2.24, 2.45) is 7.05 Å². The fourth-order valence-electron chi connectivity index (χ4n) is 1.92. The van der Waals surface area contributed by atoms with Crippen LogP contribution in [0.2, 0.25) is 5.15 Å². The molecule has 2 rings (SSSR count). The van der Waals surface area contributed by atoms with Gasteiger partial charge in [-0.1, -0.05) is 37.1 Å². The lowest BCUT2D eigenvalue weighted by atomic mass is 10.1. The van der Waals surface area contributed by atoms with Gasteiger partial charge in [0.05, 0.1) is 11.2 Å². The predicted octanol–water partition coefficient (Wildman–Crippen LogP) is 2.19. The zero-order chi connectivity index (χ0) is 16.3. The van der Waals surface area contributed by atoms with Gasteiger partial charge in [0.2, 0.25) is 0 Å². The lowest BCUT2D eigenvalue weighted by Crippen LogP contribution is -2.25. The molecule has 6 nitrogen and oxygen atoms in total. The van der Waals surface area contributed by atoms with Crippen molar-refractivity contribution >= 4 is 27.3 Å². The molecule has 0 saturated carbocycles. The second-order valence-electron chi connectivity index (χ2n) is 4.83. The number of hydrogen-bond acceptors (Lipinski definition) is 4. The Morgan fingerprint density at radius 3 is 2.50 bits per heavy atom. The first-order valence-electron chi connectivity index (χ1n) is 6.68. The number of halogens is 1. The van der Waals surface area contributed by atoms with E-state index < -0.39 is 15.6 Å². The molecule has 0 aliphatic heterocycles. The Labute approximate surface area is 133 Å². The van der Waals surface area contributed by atoms with Crippen molar-refractivity contribution in [1.82, 2.24) is 9.55 Å². The number of nitrogens with one attached hydrogen (secondary N) is 1. The molecule has 0 amide bonds. The Bertz CT molecular complexity index is 829. The Balaban J connectivity index is 2.36. The fourth-order valence-corrected chi connectivity index (χ4v) is 3.21. The predicted molar refractivity (Wildman–Crippen MR) is 85.7 cm³/mol. The molecule has 8 heteroatoms. The third-order valence-electron chi connectivity index (χ3n) is 3.09. The number of sulfonamides is 1. The molecule has 0 aliphatic rings. The van der Waals surface area contributed by atoms with E-state index in [4.69, 9.17) is 11.6 Å². The van der Waals surface area contributed by atoms with Gasteiger partial charge in [-0.3, -0.25) is 9.52 Å². The van der Waals surface area contributed by atoms with Crippen LogP contribution in [0, 0.1) is 0 Å². The van der Waals surface area contributed by atoms with Crippen LogP contribution in [0.25, 0.3) is 0 Å². The van der Waals surface area contributed by atoms with E-state index in [2.05, 4.69) is 9.71 Å². The van der Waals surface area contributed by atoms with E-state index in [1.807, 2.05) is 6.92 Å². The van der Waals surface area contributed by atoms with E-state index in [9.17, 15) is 13.2 Å². The number of nitrogens with zero attached hydrogens (tertiary/aromatic N) is 2. The van der Waals surface area contributed by atoms with Crippen molar-refractivity contribution in [3.05, 3.63) is 51.7 Å².